The zero-order valence-corrected chi connectivity index (χ0v) is 13.7. The number of hydrogen-bond donors (Lipinski definition) is 0. The second-order valence-corrected chi connectivity index (χ2v) is 5.63. The molecule has 0 aliphatic rings. The van der Waals surface area contributed by atoms with Gasteiger partial charge in [0.2, 0.25) is 0 Å². The smallest absolute Gasteiger partial charge is 0.319 e. The number of allylic oxidation sites excluding steroid dienone is 1. The van der Waals surface area contributed by atoms with Crippen LogP contribution in [-0.4, -0.2) is 29.9 Å². The van der Waals surface area contributed by atoms with Gasteiger partial charge in [-0.3, -0.25) is 19.2 Å². The fourth-order valence-corrected chi connectivity index (χ4v) is 1.98. The Hall–Kier alpha value is -1.78. The molecule has 0 saturated carbocycles. The van der Waals surface area contributed by atoms with Gasteiger partial charge in [0.1, 0.15) is 28.2 Å². The predicted molar refractivity (Wildman–Crippen MR) is 78.6 cm³/mol. The van der Waals surface area contributed by atoms with Gasteiger partial charge < -0.3 is 4.74 Å². The highest BCUT2D eigenvalue weighted by Crippen LogP contribution is 2.38. The van der Waals surface area contributed by atoms with Gasteiger partial charge in [-0.25, -0.2) is 0 Å². The van der Waals surface area contributed by atoms with E-state index in [-0.39, 0.29) is 30.2 Å². The van der Waals surface area contributed by atoms with Gasteiger partial charge in [-0.15, -0.1) is 0 Å². The summed E-state index contributed by atoms with van der Waals surface area (Å²) >= 11 is 0. The first-order valence-electron chi connectivity index (χ1n) is 6.83. The first-order chi connectivity index (χ1) is 9.44. The minimum absolute atomic E-state index is 0.100. The lowest BCUT2D eigenvalue weighted by Gasteiger charge is -2.32. The molecule has 0 N–H and O–H groups in total. The molecule has 0 spiro atoms. The van der Waals surface area contributed by atoms with Crippen LogP contribution in [0.3, 0.4) is 0 Å². The largest absolute Gasteiger partial charge is 0.465 e. The molecule has 0 aliphatic carbocycles. The third-order valence-electron chi connectivity index (χ3n) is 4.19. The van der Waals surface area contributed by atoms with Crippen LogP contribution >= 0.6 is 0 Å². The summed E-state index contributed by atoms with van der Waals surface area (Å²) in [7, 11) is 0. The fourth-order valence-electron chi connectivity index (χ4n) is 1.98. The number of ketones is 3. The van der Waals surface area contributed by atoms with Gasteiger partial charge in [-0.05, 0) is 48.0 Å². The molecule has 0 bridgehead atoms. The van der Waals surface area contributed by atoms with Crippen molar-refractivity contribution in [2.24, 2.45) is 10.8 Å². The second kappa shape index (κ2) is 6.78. The molecule has 5 nitrogen and oxygen atoms in total. The monoisotopic (exact) mass is 296 g/mol. The summed E-state index contributed by atoms with van der Waals surface area (Å²) in [4.78, 5) is 47.6. The Labute approximate surface area is 125 Å². The molecular weight excluding hydrogens is 272 g/mol. The van der Waals surface area contributed by atoms with E-state index in [2.05, 4.69) is 6.58 Å². The minimum Gasteiger partial charge on any atom is -0.465 e. The van der Waals surface area contributed by atoms with Crippen molar-refractivity contribution in [3.05, 3.63) is 12.2 Å². The third kappa shape index (κ3) is 3.65. The quantitative estimate of drug-likeness (QED) is 0.390. The maximum atomic E-state index is 12.1. The highest BCUT2D eigenvalue weighted by Gasteiger charge is 2.46. The molecule has 0 aliphatic heterocycles. The van der Waals surface area contributed by atoms with Crippen LogP contribution in [-0.2, 0) is 23.9 Å². The zero-order chi connectivity index (χ0) is 17.0. The molecule has 0 aromatic carbocycles. The fraction of sp³-hybridized carbons (Fsp3) is 0.625. The molecule has 0 amide bonds. The van der Waals surface area contributed by atoms with Crippen molar-refractivity contribution in [2.75, 3.05) is 6.61 Å². The molecule has 1 atom stereocenters. The standard InChI is InChI=1S/C16H24O5/c1-8-21-14(20)15(6,11(3)17)9-10(2)16(7,12(4)18)13(5)19/h2,8-9H2,1,3-7H3. The average molecular weight is 296 g/mol. The van der Waals surface area contributed by atoms with E-state index in [9.17, 15) is 19.2 Å². The van der Waals surface area contributed by atoms with Gasteiger partial charge in [0.05, 0.1) is 6.61 Å². The molecular formula is C16H24O5. The summed E-state index contributed by atoms with van der Waals surface area (Å²) < 4.78 is 4.93. The van der Waals surface area contributed by atoms with Crippen molar-refractivity contribution >= 4 is 23.3 Å². The van der Waals surface area contributed by atoms with E-state index in [1.54, 1.807) is 6.92 Å². The molecule has 118 valence electrons. The lowest BCUT2D eigenvalue weighted by molar-refractivity contribution is -0.159. The number of esters is 1. The molecule has 21 heavy (non-hydrogen) atoms. The highest BCUT2D eigenvalue weighted by atomic mass is 16.5. The van der Waals surface area contributed by atoms with Crippen molar-refractivity contribution < 1.29 is 23.9 Å². The van der Waals surface area contributed by atoms with Crippen LogP contribution in [0.5, 0.6) is 0 Å². The summed E-state index contributed by atoms with van der Waals surface area (Å²) in [6.45, 7) is 12.3. The molecule has 0 radical (unpaired) electrons. The molecule has 0 aromatic rings. The van der Waals surface area contributed by atoms with Crippen molar-refractivity contribution in [1.82, 2.24) is 0 Å². The molecule has 0 fully saturated rings. The van der Waals surface area contributed by atoms with Gasteiger partial charge in [0.15, 0.2) is 0 Å². The summed E-state index contributed by atoms with van der Waals surface area (Å²) in [6, 6.07) is 0. The minimum atomic E-state index is -1.45. The average Bonchev–Trinajstić information content (AvgIpc) is 2.36. The Balaban J connectivity index is 5.62. The van der Waals surface area contributed by atoms with Crippen LogP contribution < -0.4 is 0 Å². The van der Waals surface area contributed by atoms with Gasteiger partial charge in [-0.2, -0.15) is 0 Å². The van der Waals surface area contributed by atoms with Crippen LogP contribution in [0.1, 0.15) is 48.0 Å². The Morgan fingerprint density at radius 3 is 1.67 bits per heavy atom. The maximum Gasteiger partial charge on any atom is 0.319 e. The summed E-state index contributed by atoms with van der Waals surface area (Å²) in [5.74, 6) is -1.80. The number of rotatable bonds is 8. The van der Waals surface area contributed by atoms with E-state index in [0.717, 1.165) is 0 Å². The number of ether oxygens (including phenoxy) is 1. The molecule has 1 unspecified atom stereocenters. The second-order valence-electron chi connectivity index (χ2n) is 5.63. The van der Waals surface area contributed by atoms with Gasteiger partial charge in [0.25, 0.3) is 0 Å². The molecule has 0 heterocycles. The van der Waals surface area contributed by atoms with Crippen molar-refractivity contribution in [3.8, 4) is 0 Å². The maximum absolute atomic E-state index is 12.1. The van der Waals surface area contributed by atoms with E-state index in [1.165, 1.54) is 34.6 Å². The SMILES string of the molecule is C=C(CC(C)(C(C)=O)C(=O)OCC)C(C)(C(C)=O)C(C)=O. The molecule has 0 rings (SSSR count). The van der Waals surface area contributed by atoms with Crippen LogP contribution in [0.2, 0.25) is 0 Å². The number of carbonyl (C=O) groups is 4. The highest BCUT2D eigenvalue weighted by molar-refractivity contribution is 6.08. The van der Waals surface area contributed by atoms with E-state index in [4.69, 9.17) is 4.74 Å². The summed E-state index contributed by atoms with van der Waals surface area (Å²) in [5, 5.41) is 0. The molecule has 0 saturated heterocycles. The predicted octanol–water partition coefficient (Wildman–Crippen LogP) is 2.28. The van der Waals surface area contributed by atoms with Crippen LogP contribution in [0, 0.1) is 10.8 Å². The van der Waals surface area contributed by atoms with Crippen LogP contribution in [0.25, 0.3) is 0 Å². The zero-order valence-electron chi connectivity index (χ0n) is 13.7. The Morgan fingerprint density at radius 1 is 0.952 bits per heavy atom. The normalized spacial score (nSPS) is 14.0. The Bertz CT molecular complexity index is 475. The van der Waals surface area contributed by atoms with Crippen LogP contribution in [0.4, 0.5) is 0 Å². The van der Waals surface area contributed by atoms with E-state index < -0.39 is 22.6 Å². The lowest BCUT2D eigenvalue weighted by atomic mass is 9.69. The lowest BCUT2D eigenvalue weighted by Crippen LogP contribution is -2.42. The Kier molecular flexibility index (Phi) is 6.21. The van der Waals surface area contributed by atoms with Gasteiger partial charge in [-0.1, -0.05) is 12.2 Å². The van der Waals surface area contributed by atoms with Gasteiger partial charge >= 0.3 is 5.97 Å². The number of carbonyl (C=O) groups excluding carboxylic acids is 4. The van der Waals surface area contributed by atoms with Crippen LogP contribution in [0.15, 0.2) is 12.2 Å². The summed E-state index contributed by atoms with van der Waals surface area (Å²) in [5.41, 5.74) is -2.60. The summed E-state index contributed by atoms with van der Waals surface area (Å²) in [6.07, 6.45) is -0.100. The van der Waals surface area contributed by atoms with E-state index >= 15 is 0 Å². The third-order valence-corrected chi connectivity index (χ3v) is 4.19. The van der Waals surface area contributed by atoms with Crippen molar-refractivity contribution in [3.63, 3.8) is 0 Å². The molecule has 0 aromatic heterocycles. The first kappa shape index (κ1) is 19.2. The van der Waals surface area contributed by atoms with Crippen molar-refractivity contribution in [2.45, 2.75) is 48.0 Å². The van der Waals surface area contributed by atoms with Gasteiger partial charge in [0, 0.05) is 0 Å². The van der Waals surface area contributed by atoms with E-state index in [1.807, 2.05) is 0 Å². The van der Waals surface area contributed by atoms with E-state index in [0.29, 0.717) is 0 Å². The topological polar surface area (TPSA) is 77.5 Å². The molecule has 5 heteroatoms. The number of Topliss-reactive ketones (excluding diaryl/α,β-unsaturated/α-hetero) is 3. The first-order valence-corrected chi connectivity index (χ1v) is 6.83. The Morgan fingerprint density at radius 2 is 1.38 bits per heavy atom. The van der Waals surface area contributed by atoms with Crippen molar-refractivity contribution in [1.29, 1.82) is 0 Å². The number of hydrogen-bond acceptors (Lipinski definition) is 5.